The maximum atomic E-state index is 12.6. The molecule has 6 atom stereocenters. The molecule has 11 nitrogen and oxygen atoms in total. The van der Waals surface area contributed by atoms with Crippen LogP contribution in [-0.2, 0) is 43.0 Å². The molecule has 0 saturated carbocycles. The predicted molar refractivity (Wildman–Crippen MR) is 214 cm³/mol. The van der Waals surface area contributed by atoms with Crippen molar-refractivity contribution in [1.29, 1.82) is 0 Å². The third kappa shape index (κ3) is 21.8. The molecule has 2 aliphatic heterocycles. The first-order valence-electron chi connectivity index (χ1n) is 21.9. The van der Waals surface area contributed by atoms with Crippen LogP contribution in [0, 0.1) is 29.6 Å². The van der Waals surface area contributed by atoms with Crippen molar-refractivity contribution < 1.29 is 53.2 Å². The van der Waals surface area contributed by atoms with E-state index in [0.717, 1.165) is 122 Å². The quantitative estimate of drug-likeness (QED) is 0.0271. The minimum absolute atomic E-state index is 0.0448. The summed E-state index contributed by atoms with van der Waals surface area (Å²) in [6, 6.07) is 0. The van der Waals surface area contributed by atoms with Gasteiger partial charge in [0.2, 0.25) is 0 Å². The average Bonchev–Trinajstić information content (AvgIpc) is 3.68. The Kier molecular flexibility index (Phi) is 26.0. The van der Waals surface area contributed by atoms with E-state index in [0.29, 0.717) is 25.9 Å². The first-order chi connectivity index (χ1) is 27.0. The van der Waals surface area contributed by atoms with Crippen LogP contribution in [0.15, 0.2) is 24.3 Å². The summed E-state index contributed by atoms with van der Waals surface area (Å²) in [7, 11) is 0. The number of allylic oxidation sites excluding steroid dienone is 4. The molecule has 0 bridgehead atoms. The largest absolute Gasteiger partial charge is 0.481 e. The number of hydrogen-bond acceptors (Lipinski definition) is 9. The molecule has 0 amide bonds. The number of esters is 4. The number of carboxylic acid groups (broad SMARTS) is 2. The fraction of sp³-hybridized carbons (Fsp3) is 0.778. The van der Waals surface area contributed by atoms with E-state index < -0.39 is 47.7 Å². The molecule has 2 rings (SSSR count). The van der Waals surface area contributed by atoms with Gasteiger partial charge in [-0.15, -0.1) is 0 Å². The van der Waals surface area contributed by atoms with Gasteiger partial charge in [0.1, 0.15) is 0 Å². The van der Waals surface area contributed by atoms with Gasteiger partial charge in [0, 0.05) is 19.4 Å². The number of carboxylic acids is 2. The second-order valence-electron chi connectivity index (χ2n) is 16.1. The Bertz CT molecular complexity index is 1150. The number of hydrogen-bond donors (Lipinski definition) is 2. The van der Waals surface area contributed by atoms with Crippen molar-refractivity contribution in [3.05, 3.63) is 24.3 Å². The van der Waals surface area contributed by atoms with Gasteiger partial charge in [-0.3, -0.25) is 28.8 Å². The lowest BCUT2D eigenvalue weighted by Crippen LogP contribution is -2.24. The molecular formula is C45H72O11. The van der Waals surface area contributed by atoms with Crippen molar-refractivity contribution in [1.82, 2.24) is 0 Å². The summed E-state index contributed by atoms with van der Waals surface area (Å²) in [6.45, 7) is 4.76. The van der Waals surface area contributed by atoms with Crippen molar-refractivity contribution in [3.8, 4) is 0 Å². The summed E-state index contributed by atoms with van der Waals surface area (Å²) in [5.74, 6) is -4.23. The van der Waals surface area contributed by atoms with Crippen LogP contribution in [0.2, 0.25) is 0 Å². The lowest BCUT2D eigenvalue weighted by atomic mass is 9.83. The summed E-state index contributed by atoms with van der Waals surface area (Å²) in [4.78, 5) is 71.0. The summed E-state index contributed by atoms with van der Waals surface area (Å²) in [5.41, 5.74) is 0. The Labute approximate surface area is 335 Å². The molecule has 318 valence electrons. The number of ether oxygens (including phenoxy) is 3. The van der Waals surface area contributed by atoms with Crippen molar-refractivity contribution >= 4 is 35.8 Å². The molecule has 0 aromatic heterocycles. The van der Waals surface area contributed by atoms with E-state index in [1.807, 2.05) is 0 Å². The van der Waals surface area contributed by atoms with Crippen LogP contribution in [0.1, 0.15) is 181 Å². The Morgan fingerprint density at radius 3 is 1.46 bits per heavy atom. The van der Waals surface area contributed by atoms with Gasteiger partial charge in [-0.1, -0.05) is 115 Å². The number of carbonyl (C=O) groups is 6. The smallest absolute Gasteiger partial charge is 0.317 e. The van der Waals surface area contributed by atoms with E-state index in [1.54, 1.807) is 0 Å². The van der Waals surface area contributed by atoms with Crippen LogP contribution in [-0.4, -0.2) is 58.7 Å². The van der Waals surface area contributed by atoms with Crippen LogP contribution in [0.5, 0.6) is 0 Å². The second kappa shape index (κ2) is 29.8. The summed E-state index contributed by atoms with van der Waals surface area (Å²) in [5, 5.41) is 17.9. The highest BCUT2D eigenvalue weighted by Gasteiger charge is 2.39. The maximum Gasteiger partial charge on any atom is 0.317 e. The SMILES string of the molecule is CCC/C=C/C(CCC(CCCCCCCCC(=O)O)COC(CCCCCCCCC(=O)O)CCC(/C=C/CCC)C1CC(=O)OC1=O)C1CC(=O)OC1=O. The number of cyclic esters (lactones) is 4. The highest BCUT2D eigenvalue weighted by molar-refractivity contribution is 5.95. The molecular weight excluding hydrogens is 716 g/mol. The minimum Gasteiger partial charge on any atom is -0.481 e. The first-order valence-corrected chi connectivity index (χ1v) is 21.9. The van der Waals surface area contributed by atoms with Crippen molar-refractivity contribution in [3.63, 3.8) is 0 Å². The van der Waals surface area contributed by atoms with Crippen molar-refractivity contribution in [2.75, 3.05) is 6.61 Å². The van der Waals surface area contributed by atoms with E-state index in [9.17, 15) is 28.8 Å². The van der Waals surface area contributed by atoms with Crippen LogP contribution in [0.4, 0.5) is 0 Å². The molecule has 11 heteroatoms. The molecule has 0 radical (unpaired) electrons. The topological polar surface area (TPSA) is 171 Å². The van der Waals surface area contributed by atoms with Crippen LogP contribution >= 0.6 is 0 Å². The van der Waals surface area contributed by atoms with Gasteiger partial charge in [0.25, 0.3) is 0 Å². The zero-order valence-electron chi connectivity index (χ0n) is 34.4. The first kappa shape index (κ1) is 48.8. The van der Waals surface area contributed by atoms with E-state index in [2.05, 4.69) is 38.2 Å². The molecule has 2 fully saturated rings. The lowest BCUT2D eigenvalue weighted by molar-refractivity contribution is -0.155. The van der Waals surface area contributed by atoms with Gasteiger partial charge in [-0.05, 0) is 82.0 Å². The molecule has 0 aliphatic carbocycles. The standard InChI is InChI=1S/C45H72O11/c1-3-5-15-22-35(38-31-42(50)55-44(38)52)28-27-34(21-17-11-7-9-13-19-25-40(46)47)33-54-37(24-18-12-8-10-14-20-26-41(48)49)30-29-36(23-16-6-4-2)39-32-43(51)56-45(39)53/h15-16,22-23,34-39H,3-14,17-21,24-33H2,1-2H3,(H,46,47)(H,48,49)/b22-15+,23-16+. The summed E-state index contributed by atoms with van der Waals surface area (Å²) >= 11 is 0. The van der Waals surface area contributed by atoms with Gasteiger partial charge in [-0.2, -0.15) is 0 Å². The fourth-order valence-corrected chi connectivity index (χ4v) is 7.85. The van der Waals surface area contributed by atoms with Crippen LogP contribution in [0.3, 0.4) is 0 Å². The Morgan fingerprint density at radius 1 is 0.607 bits per heavy atom. The van der Waals surface area contributed by atoms with Gasteiger partial charge in [0.15, 0.2) is 0 Å². The molecule has 0 aromatic rings. The molecule has 2 saturated heterocycles. The van der Waals surface area contributed by atoms with Crippen LogP contribution < -0.4 is 0 Å². The number of unbranched alkanes of at least 4 members (excludes halogenated alkanes) is 12. The summed E-state index contributed by atoms with van der Waals surface area (Å²) < 4.78 is 16.7. The number of carbonyl (C=O) groups excluding carboxylic acids is 4. The molecule has 2 heterocycles. The maximum absolute atomic E-state index is 12.6. The molecule has 2 aliphatic rings. The zero-order chi connectivity index (χ0) is 41.0. The Hall–Kier alpha value is -3.34. The van der Waals surface area contributed by atoms with Gasteiger partial charge in [-0.25, -0.2) is 0 Å². The predicted octanol–water partition coefficient (Wildman–Crippen LogP) is 10.1. The minimum atomic E-state index is -0.756. The van der Waals surface area contributed by atoms with Crippen molar-refractivity contribution in [2.45, 2.75) is 187 Å². The zero-order valence-corrected chi connectivity index (χ0v) is 34.4. The Balaban J connectivity index is 2.14. The molecule has 6 unspecified atom stereocenters. The third-order valence-corrected chi connectivity index (χ3v) is 11.2. The number of aliphatic carboxylic acids is 2. The Morgan fingerprint density at radius 2 is 1.04 bits per heavy atom. The lowest BCUT2D eigenvalue weighted by Gasteiger charge is -2.26. The van der Waals surface area contributed by atoms with Gasteiger partial charge in [0.05, 0.1) is 30.8 Å². The van der Waals surface area contributed by atoms with E-state index >= 15 is 0 Å². The molecule has 56 heavy (non-hydrogen) atoms. The summed E-state index contributed by atoms with van der Waals surface area (Å²) in [6.07, 6.45) is 28.9. The fourth-order valence-electron chi connectivity index (χ4n) is 7.85. The average molecular weight is 789 g/mol. The van der Waals surface area contributed by atoms with Crippen LogP contribution in [0.25, 0.3) is 0 Å². The second-order valence-corrected chi connectivity index (χ2v) is 16.1. The third-order valence-electron chi connectivity index (χ3n) is 11.2. The monoisotopic (exact) mass is 789 g/mol. The van der Waals surface area contributed by atoms with Gasteiger partial charge >= 0.3 is 35.8 Å². The van der Waals surface area contributed by atoms with E-state index in [4.69, 9.17) is 24.4 Å². The molecule has 0 aromatic carbocycles. The molecule has 2 N–H and O–H groups in total. The molecule has 0 spiro atoms. The van der Waals surface area contributed by atoms with Gasteiger partial charge < -0.3 is 24.4 Å². The highest BCUT2D eigenvalue weighted by Crippen LogP contribution is 2.33. The van der Waals surface area contributed by atoms with E-state index in [-0.39, 0.29) is 49.5 Å². The van der Waals surface area contributed by atoms with E-state index in [1.165, 1.54) is 0 Å². The highest BCUT2D eigenvalue weighted by atomic mass is 16.6. The van der Waals surface area contributed by atoms with Crippen molar-refractivity contribution in [2.24, 2.45) is 29.6 Å². The normalized spacial score (nSPS) is 19.5. The number of rotatable bonds is 35.